The number of likely N-dealkylation sites (tertiary alicyclic amines) is 1. The molecule has 1 rings (SSSR count). The van der Waals surface area contributed by atoms with Gasteiger partial charge in [0.25, 0.3) is 0 Å². The van der Waals surface area contributed by atoms with Crippen LogP contribution in [-0.4, -0.2) is 50.8 Å². The predicted molar refractivity (Wildman–Crippen MR) is 73.4 cm³/mol. The van der Waals surface area contributed by atoms with Gasteiger partial charge in [-0.25, -0.2) is 0 Å². The van der Waals surface area contributed by atoms with Gasteiger partial charge in [-0.3, -0.25) is 0 Å². The van der Waals surface area contributed by atoms with Gasteiger partial charge in [0.1, 0.15) is 0 Å². The van der Waals surface area contributed by atoms with Crippen molar-refractivity contribution in [3.63, 3.8) is 0 Å². The average molecular weight is 242 g/mol. The lowest BCUT2D eigenvalue weighted by Gasteiger charge is -2.34. The largest absolute Gasteiger partial charge is 0.380 e. The minimum Gasteiger partial charge on any atom is -0.380 e. The van der Waals surface area contributed by atoms with Gasteiger partial charge in [-0.15, -0.1) is 0 Å². The normalized spacial score (nSPS) is 23.8. The standard InChI is InChI=1S/C14H30N2O/c1-4-5-10-17-11-8-15-13(2)14-7-6-9-16(3)12-14/h13-15H,4-12H2,1-3H3. The van der Waals surface area contributed by atoms with Crippen LogP contribution in [0.25, 0.3) is 0 Å². The number of nitrogens with one attached hydrogen (secondary N) is 1. The lowest BCUT2D eigenvalue weighted by Crippen LogP contribution is -2.43. The first-order valence-corrected chi connectivity index (χ1v) is 7.23. The quantitative estimate of drug-likeness (QED) is 0.660. The van der Waals surface area contributed by atoms with Crippen LogP contribution in [0.5, 0.6) is 0 Å². The molecule has 2 unspecified atom stereocenters. The SMILES string of the molecule is CCCCOCCNC(C)C1CCCN(C)C1. The summed E-state index contributed by atoms with van der Waals surface area (Å²) in [5.41, 5.74) is 0. The fraction of sp³-hybridized carbons (Fsp3) is 1.00. The zero-order chi connectivity index (χ0) is 12.5. The Morgan fingerprint density at radius 3 is 2.94 bits per heavy atom. The summed E-state index contributed by atoms with van der Waals surface area (Å²) in [5, 5.41) is 3.60. The van der Waals surface area contributed by atoms with E-state index in [1.165, 1.54) is 38.8 Å². The second-order valence-electron chi connectivity index (χ2n) is 5.37. The Morgan fingerprint density at radius 2 is 2.24 bits per heavy atom. The molecule has 0 aliphatic carbocycles. The van der Waals surface area contributed by atoms with E-state index in [4.69, 9.17) is 4.74 Å². The van der Waals surface area contributed by atoms with Crippen LogP contribution in [0.2, 0.25) is 0 Å². The number of hydrogen-bond acceptors (Lipinski definition) is 3. The number of rotatable bonds is 8. The van der Waals surface area contributed by atoms with Crippen molar-refractivity contribution in [2.75, 3.05) is 39.9 Å². The lowest BCUT2D eigenvalue weighted by atomic mass is 9.92. The lowest BCUT2D eigenvalue weighted by molar-refractivity contribution is 0.123. The maximum absolute atomic E-state index is 5.56. The summed E-state index contributed by atoms with van der Waals surface area (Å²) >= 11 is 0. The molecule has 1 aliphatic rings. The van der Waals surface area contributed by atoms with Crippen LogP contribution in [0.4, 0.5) is 0 Å². The van der Waals surface area contributed by atoms with Crippen LogP contribution < -0.4 is 5.32 Å². The molecule has 2 atom stereocenters. The number of piperidine rings is 1. The van der Waals surface area contributed by atoms with E-state index in [1.807, 2.05) is 0 Å². The highest BCUT2D eigenvalue weighted by Gasteiger charge is 2.21. The smallest absolute Gasteiger partial charge is 0.0591 e. The van der Waals surface area contributed by atoms with Crippen molar-refractivity contribution in [2.24, 2.45) is 5.92 Å². The Labute approximate surface area is 107 Å². The van der Waals surface area contributed by atoms with Crippen LogP contribution in [0.1, 0.15) is 39.5 Å². The van der Waals surface area contributed by atoms with Crippen LogP contribution >= 0.6 is 0 Å². The summed E-state index contributed by atoms with van der Waals surface area (Å²) in [6.45, 7) is 9.78. The van der Waals surface area contributed by atoms with Gasteiger partial charge >= 0.3 is 0 Å². The van der Waals surface area contributed by atoms with Crippen LogP contribution in [0.15, 0.2) is 0 Å². The molecule has 0 aromatic heterocycles. The number of ether oxygens (including phenoxy) is 1. The molecule has 0 aromatic rings. The maximum atomic E-state index is 5.56. The Morgan fingerprint density at radius 1 is 1.41 bits per heavy atom. The zero-order valence-corrected chi connectivity index (χ0v) is 11.9. The summed E-state index contributed by atoms with van der Waals surface area (Å²) in [6.07, 6.45) is 5.12. The summed E-state index contributed by atoms with van der Waals surface area (Å²) in [4.78, 5) is 2.45. The first-order valence-electron chi connectivity index (χ1n) is 7.23. The molecule has 1 aliphatic heterocycles. The molecular formula is C14H30N2O. The van der Waals surface area contributed by atoms with Crippen molar-refractivity contribution in [1.82, 2.24) is 10.2 Å². The number of nitrogens with zero attached hydrogens (tertiary/aromatic N) is 1. The minimum absolute atomic E-state index is 0.618. The van der Waals surface area contributed by atoms with Crippen LogP contribution in [-0.2, 0) is 4.74 Å². The second kappa shape index (κ2) is 8.90. The minimum atomic E-state index is 0.618. The Hall–Kier alpha value is -0.120. The van der Waals surface area contributed by atoms with Gasteiger partial charge in [-0.1, -0.05) is 13.3 Å². The second-order valence-corrected chi connectivity index (χ2v) is 5.37. The molecule has 1 N–H and O–H groups in total. The number of hydrogen-bond donors (Lipinski definition) is 1. The topological polar surface area (TPSA) is 24.5 Å². The molecule has 3 heteroatoms. The van der Waals surface area contributed by atoms with Crippen molar-refractivity contribution < 1.29 is 4.74 Å². The number of unbranched alkanes of at least 4 members (excludes halogenated alkanes) is 1. The van der Waals surface area contributed by atoms with E-state index >= 15 is 0 Å². The van der Waals surface area contributed by atoms with Gasteiger partial charge in [0.15, 0.2) is 0 Å². The molecule has 0 bridgehead atoms. The van der Waals surface area contributed by atoms with Gasteiger partial charge in [0, 0.05) is 25.7 Å². The third-order valence-electron chi connectivity index (χ3n) is 3.72. The van der Waals surface area contributed by atoms with E-state index in [0.29, 0.717) is 6.04 Å². The van der Waals surface area contributed by atoms with Gasteiger partial charge in [0.2, 0.25) is 0 Å². The van der Waals surface area contributed by atoms with E-state index in [2.05, 4.69) is 31.1 Å². The van der Waals surface area contributed by atoms with Gasteiger partial charge < -0.3 is 15.0 Å². The summed E-state index contributed by atoms with van der Waals surface area (Å²) in [5.74, 6) is 0.810. The molecule has 0 saturated carbocycles. The van der Waals surface area contributed by atoms with Gasteiger partial charge in [0.05, 0.1) is 6.61 Å². The average Bonchev–Trinajstić information content (AvgIpc) is 2.33. The Balaban J connectivity index is 2.02. The maximum Gasteiger partial charge on any atom is 0.0591 e. The van der Waals surface area contributed by atoms with Gasteiger partial charge in [-0.2, -0.15) is 0 Å². The van der Waals surface area contributed by atoms with Crippen LogP contribution in [0, 0.1) is 5.92 Å². The van der Waals surface area contributed by atoms with E-state index in [1.54, 1.807) is 0 Å². The molecular weight excluding hydrogens is 212 g/mol. The van der Waals surface area contributed by atoms with Crippen molar-refractivity contribution >= 4 is 0 Å². The van der Waals surface area contributed by atoms with E-state index < -0.39 is 0 Å². The molecule has 1 fully saturated rings. The third kappa shape index (κ3) is 6.39. The summed E-state index contributed by atoms with van der Waals surface area (Å²) < 4.78 is 5.56. The Bertz CT molecular complexity index is 187. The first-order chi connectivity index (χ1) is 8.24. The molecule has 0 aromatic carbocycles. The first kappa shape index (κ1) is 14.9. The van der Waals surface area contributed by atoms with E-state index in [0.717, 1.165) is 25.7 Å². The van der Waals surface area contributed by atoms with Crippen molar-refractivity contribution in [3.8, 4) is 0 Å². The summed E-state index contributed by atoms with van der Waals surface area (Å²) in [6, 6.07) is 0.618. The highest BCUT2D eigenvalue weighted by atomic mass is 16.5. The molecule has 3 nitrogen and oxygen atoms in total. The van der Waals surface area contributed by atoms with E-state index in [-0.39, 0.29) is 0 Å². The molecule has 0 amide bonds. The molecule has 17 heavy (non-hydrogen) atoms. The zero-order valence-electron chi connectivity index (χ0n) is 11.9. The monoisotopic (exact) mass is 242 g/mol. The molecule has 0 radical (unpaired) electrons. The van der Waals surface area contributed by atoms with Crippen molar-refractivity contribution in [3.05, 3.63) is 0 Å². The van der Waals surface area contributed by atoms with Crippen molar-refractivity contribution in [1.29, 1.82) is 0 Å². The van der Waals surface area contributed by atoms with Crippen molar-refractivity contribution in [2.45, 2.75) is 45.6 Å². The predicted octanol–water partition coefficient (Wildman–Crippen LogP) is 2.12. The molecule has 0 spiro atoms. The fourth-order valence-electron chi connectivity index (χ4n) is 2.49. The van der Waals surface area contributed by atoms with E-state index in [9.17, 15) is 0 Å². The summed E-state index contributed by atoms with van der Waals surface area (Å²) in [7, 11) is 2.23. The third-order valence-corrected chi connectivity index (χ3v) is 3.72. The molecule has 102 valence electrons. The molecule has 1 heterocycles. The molecule has 1 saturated heterocycles. The highest BCUT2D eigenvalue weighted by molar-refractivity contribution is 4.78. The Kier molecular flexibility index (Phi) is 7.82. The van der Waals surface area contributed by atoms with Gasteiger partial charge in [-0.05, 0) is 45.7 Å². The highest BCUT2D eigenvalue weighted by Crippen LogP contribution is 2.18. The fourth-order valence-corrected chi connectivity index (χ4v) is 2.49. The van der Waals surface area contributed by atoms with Crippen LogP contribution in [0.3, 0.4) is 0 Å².